The second kappa shape index (κ2) is 13.3. The van der Waals surface area contributed by atoms with Crippen molar-refractivity contribution in [2.75, 3.05) is 6.61 Å². The van der Waals surface area contributed by atoms with Crippen molar-refractivity contribution in [3.05, 3.63) is 99.0 Å². The average Bonchev–Trinajstić information content (AvgIpc) is 2.85. The zero-order valence-electron chi connectivity index (χ0n) is 22.6. The molecule has 0 saturated heterocycles. The lowest BCUT2D eigenvalue weighted by molar-refractivity contribution is -0.143. The van der Waals surface area contributed by atoms with Crippen LogP contribution in [0, 0.1) is 0 Å². The SMILES string of the molecule is CC(C)c1ccc(OCC(=O)N(Cc2ccc(Cl)cc2)[C@@H](Cc2ccccc2)C(=O)NC(C)(C)C)c(Br)c1. The lowest BCUT2D eigenvalue weighted by Gasteiger charge is -2.33. The molecule has 0 aliphatic rings. The lowest BCUT2D eigenvalue weighted by Crippen LogP contribution is -2.55. The van der Waals surface area contributed by atoms with Crippen LogP contribution in [-0.2, 0) is 22.6 Å². The number of hydrogen-bond donors (Lipinski definition) is 1. The van der Waals surface area contributed by atoms with E-state index in [4.69, 9.17) is 16.3 Å². The second-order valence-corrected chi connectivity index (χ2v) is 12.0. The van der Waals surface area contributed by atoms with E-state index in [2.05, 4.69) is 35.1 Å². The van der Waals surface area contributed by atoms with Crippen molar-refractivity contribution >= 4 is 39.3 Å². The average molecular weight is 600 g/mol. The summed E-state index contributed by atoms with van der Waals surface area (Å²) in [6.07, 6.45) is 0.370. The summed E-state index contributed by atoms with van der Waals surface area (Å²) >= 11 is 9.66. The van der Waals surface area contributed by atoms with Gasteiger partial charge in [0.2, 0.25) is 5.91 Å². The Morgan fingerprint density at radius 3 is 2.21 bits per heavy atom. The number of benzene rings is 3. The fourth-order valence-corrected chi connectivity index (χ4v) is 4.65. The summed E-state index contributed by atoms with van der Waals surface area (Å²) in [7, 11) is 0. The molecule has 0 aromatic heterocycles. The lowest BCUT2D eigenvalue weighted by atomic mass is 10.0. The highest BCUT2D eigenvalue weighted by Crippen LogP contribution is 2.29. The van der Waals surface area contributed by atoms with E-state index in [0.29, 0.717) is 23.1 Å². The molecule has 0 heterocycles. The smallest absolute Gasteiger partial charge is 0.261 e. The summed E-state index contributed by atoms with van der Waals surface area (Å²) < 4.78 is 6.75. The first kappa shape index (κ1) is 29.7. The van der Waals surface area contributed by atoms with Gasteiger partial charge >= 0.3 is 0 Å². The van der Waals surface area contributed by atoms with E-state index < -0.39 is 11.6 Å². The number of nitrogens with one attached hydrogen (secondary N) is 1. The van der Waals surface area contributed by atoms with Crippen molar-refractivity contribution < 1.29 is 14.3 Å². The van der Waals surface area contributed by atoms with Crippen LogP contribution < -0.4 is 10.1 Å². The number of halogens is 2. The Hall–Kier alpha value is -2.83. The minimum Gasteiger partial charge on any atom is -0.483 e. The number of rotatable bonds is 10. The molecule has 0 radical (unpaired) electrons. The van der Waals surface area contributed by atoms with Gasteiger partial charge in [0, 0.05) is 23.5 Å². The normalized spacial score (nSPS) is 12.2. The third-order valence-electron chi connectivity index (χ3n) is 6.01. The van der Waals surface area contributed by atoms with Crippen LogP contribution in [0.3, 0.4) is 0 Å². The zero-order valence-corrected chi connectivity index (χ0v) is 25.0. The maximum Gasteiger partial charge on any atom is 0.261 e. The minimum absolute atomic E-state index is 0.207. The van der Waals surface area contributed by atoms with Crippen molar-refractivity contribution in [3.8, 4) is 5.75 Å². The zero-order chi connectivity index (χ0) is 27.9. The van der Waals surface area contributed by atoms with E-state index in [1.54, 1.807) is 17.0 Å². The van der Waals surface area contributed by atoms with Crippen LogP contribution in [0.15, 0.2) is 77.3 Å². The van der Waals surface area contributed by atoms with Gasteiger partial charge in [0.25, 0.3) is 5.91 Å². The third kappa shape index (κ3) is 8.88. The number of carbonyl (C=O) groups is 2. The predicted octanol–water partition coefficient (Wildman–Crippen LogP) is 7.16. The molecular weight excluding hydrogens is 564 g/mol. The molecule has 0 bridgehead atoms. The van der Waals surface area contributed by atoms with Crippen LogP contribution in [0.2, 0.25) is 5.02 Å². The van der Waals surface area contributed by atoms with Crippen molar-refractivity contribution in [3.63, 3.8) is 0 Å². The van der Waals surface area contributed by atoms with Gasteiger partial charge in [0.15, 0.2) is 6.61 Å². The molecule has 0 aliphatic heterocycles. The summed E-state index contributed by atoms with van der Waals surface area (Å²) in [6, 6.07) is 22.1. The fourth-order valence-electron chi connectivity index (χ4n) is 4.01. The van der Waals surface area contributed by atoms with Gasteiger partial charge in [-0.2, -0.15) is 0 Å². The molecule has 0 aliphatic carbocycles. The maximum atomic E-state index is 13.8. The van der Waals surface area contributed by atoms with E-state index in [9.17, 15) is 9.59 Å². The predicted molar refractivity (Wildman–Crippen MR) is 158 cm³/mol. The largest absolute Gasteiger partial charge is 0.483 e. The van der Waals surface area contributed by atoms with Crippen LogP contribution in [0.1, 0.15) is 57.2 Å². The van der Waals surface area contributed by atoms with Gasteiger partial charge in [-0.25, -0.2) is 0 Å². The molecule has 0 unspecified atom stereocenters. The summed E-state index contributed by atoms with van der Waals surface area (Å²) in [5, 5.41) is 3.67. The van der Waals surface area contributed by atoms with Crippen LogP contribution in [-0.4, -0.2) is 34.9 Å². The summed E-state index contributed by atoms with van der Waals surface area (Å²) in [4.78, 5) is 29.0. The third-order valence-corrected chi connectivity index (χ3v) is 6.88. The molecule has 38 heavy (non-hydrogen) atoms. The van der Waals surface area contributed by atoms with Gasteiger partial charge in [0.1, 0.15) is 11.8 Å². The summed E-state index contributed by atoms with van der Waals surface area (Å²) in [5.74, 6) is 0.445. The van der Waals surface area contributed by atoms with E-state index in [1.807, 2.05) is 81.4 Å². The molecule has 1 atom stereocenters. The Balaban J connectivity index is 1.92. The van der Waals surface area contributed by atoms with Crippen LogP contribution in [0.4, 0.5) is 0 Å². The van der Waals surface area contributed by atoms with Crippen molar-refractivity contribution in [2.45, 2.75) is 65.1 Å². The van der Waals surface area contributed by atoms with Crippen molar-refractivity contribution in [1.82, 2.24) is 10.2 Å². The fraction of sp³-hybridized carbons (Fsp3) is 0.355. The van der Waals surface area contributed by atoms with Crippen molar-refractivity contribution in [2.24, 2.45) is 0 Å². The topological polar surface area (TPSA) is 58.6 Å². The highest BCUT2D eigenvalue weighted by atomic mass is 79.9. The quantitative estimate of drug-likeness (QED) is 0.269. The highest BCUT2D eigenvalue weighted by Gasteiger charge is 2.32. The molecule has 2 amide bonds. The number of nitrogens with zero attached hydrogens (tertiary/aromatic N) is 1. The number of hydrogen-bond acceptors (Lipinski definition) is 3. The molecule has 1 N–H and O–H groups in total. The number of carbonyl (C=O) groups excluding carboxylic acids is 2. The van der Waals surface area contributed by atoms with Gasteiger partial charge in [-0.05, 0) is 83.6 Å². The van der Waals surface area contributed by atoms with Crippen LogP contribution in [0.5, 0.6) is 5.75 Å². The summed E-state index contributed by atoms with van der Waals surface area (Å²) in [5.41, 5.74) is 2.54. The summed E-state index contributed by atoms with van der Waals surface area (Å²) in [6.45, 7) is 10.1. The molecule has 7 heteroatoms. The first-order valence-electron chi connectivity index (χ1n) is 12.7. The minimum atomic E-state index is -0.741. The molecule has 3 aromatic rings. The molecule has 0 saturated carbocycles. The second-order valence-electron chi connectivity index (χ2n) is 10.7. The molecular formula is C31H36BrClN2O3. The maximum absolute atomic E-state index is 13.8. The van der Waals surface area contributed by atoms with Gasteiger partial charge < -0.3 is 15.0 Å². The number of amides is 2. The Labute approximate surface area is 239 Å². The molecule has 0 spiro atoms. The van der Waals surface area contributed by atoms with E-state index in [-0.39, 0.29) is 25.0 Å². The van der Waals surface area contributed by atoms with Crippen LogP contribution >= 0.6 is 27.5 Å². The standard InChI is InChI=1S/C31H36BrClN2O3/c1-21(2)24-13-16-28(26(32)18-24)38-20-29(36)35(19-23-11-14-25(33)15-12-23)27(30(37)34-31(3,4)5)17-22-9-7-6-8-10-22/h6-16,18,21,27H,17,19-20H2,1-5H3,(H,34,37)/t27-/m0/s1. The molecule has 3 rings (SSSR count). The molecule has 0 fully saturated rings. The van der Waals surface area contributed by atoms with E-state index in [0.717, 1.165) is 15.6 Å². The molecule has 5 nitrogen and oxygen atoms in total. The monoisotopic (exact) mass is 598 g/mol. The Bertz CT molecular complexity index is 1220. The van der Waals surface area contributed by atoms with E-state index >= 15 is 0 Å². The van der Waals surface area contributed by atoms with Gasteiger partial charge in [-0.1, -0.05) is 74.0 Å². The van der Waals surface area contributed by atoms with E-state index in [1.165, 1.54) is 5.56 Å². The number of ether oxygens (including phenoxy) is 1. The highest BCUT2D eigenvalue weighted by molar-refractivity contribution is 9.10. The Kier molecular flexibility index (Phi) is 10.4. The Morgan fingerprint density at radius 1 is 0.974 bits per heavy atom. The molecule has 3 aromatic carbocycles. The van der Waals surface area contributed by atoms with Gasteiger partial charge in [0.05, 0.1) is 4.47 Å². The van der Waals surface area contributed by atoms with Gasteiger partial charge in [-0.3, -0.25) is 9.59 Å². The van der Waals surface area contributed by atoms with Crippen molar-refractivity contribution in [1.29, 1.82) is 0 Å². The first-order chi connectivity index (χ1) is 17.9. The Morgan fingerprint density at radius 2 is 1.63 bits per heavy atom. The first-order valence-corrected chi connectivity index (χ1v) is 13.9. The van der Waals surface area contributed by atoms with Crippen LogP contribution in [0.25, 0.3) is 0 Å². The van der Waals surface area contributed by atoms with Gasteiger partial charge in [-0.15, -0.1) is 0 Å². The molecule has 202 valence electrons.